The molecule has 2 aromatic rings. The molecule has 0 aliphatic carbocycles. The Morgan fingerprint density at radius 1 is 0.542 bits per heavy atom. The van der Waals surface area contributed by atoms with Crippen molar-refractivity contribution in [1.29, 1.82) is 0 Å². The minimum absolute atomic E-state index is 1.03. The maximum Gasteiger partial charge on any atom is 0.0502 e. The zero-order valence-corrected chi connectivity index (χ0v) is 17.1. The highest BCUT2D eigenvalue weighted by molar-refractivity contribution is 8.05. The van der Waals surface area contributed by atoms with Crippen molar-refractivity contribution < 1.29 is 0 Å². The zero-order chi connectivity index (χ0) is 16.7. The van der Waals surface area contributed by atoms with Crippen molar-refractivity contribution in [2.45, 2.75) is 11.5 Å². The van der Waals surface area contributed by atoms with E-state index in [1.807, 2.05) is 48.1 Å². The Labute approximate surface area is 162 Å². The first-order valence-electron chi connectivity index (χ1n) is 8.06. The summed E-state index contributed by atoms with van der Waals surface area (Å²) in [6.07, 6.45) is 3.74. The number of nitrogens with zero attached hydrogens (tertiary/aromatic N) is 2. The van der Waals surface area contributed by atoms with E-state index in [0.717, 1.165) is 11.5 Å². The third-order valence-corrected chi connectivity index (χ3v) is 7.80. The number of thioether (sulfide) groups is 4. The van der Waals surface area contributed by atoms with E-state index in [4.69, 9.17) is 0 Å². The molecule has 0 bridgehead atoms. The molecule has 24 heavy (non-hydrogen) atoms. The molecule has 0 N–H and O–H groups in total. The van der Waals surface area contributed by atoms with Crippen molar-refractivity contribution in [2.24, 2.45) is 0 Å². The van der Waals surface area contributed by atoms with Crippen molar-refractivity contribution in [3.8, 4) is 0 Å². The van der Waals surface area contributed by atoms with E-state index in [1.54, 1.807) is 0 Å². The minimum atomic E-state index is 1.03. The van der Waals surface area contributed by atoms with Crippen LogP contribution in [0.4, 0.5) is 0 Å². The molecule has 0 radical (unpaired) electrons. The lowest BCUT2D eigenvalue weighted by atomic mass is 10.4. The lowest BCUT2D eigenvalue weighted by Crippen LogP contribution is -1.94. The topological polar surface area (TPSA) is 25.8 Å². The van der Waals surface area contributed by atoms with Gasteiger partial charge in [0.25, 0.3) is 0 Å². The van der Waals surface area contributed by atoms with Gasteiger partial charge in [0.05, 0.1) is 11.4 Å². The molecule has 0 aliphatic heterocycles. The van der Waals surface area contributed by atoms with E-state index >= 15 is 0 Å². The van der Waals surface area contributed by atoms with Crippen LogP contribution in [0.15, 0.2) is 48.8 Å². The van der Waals surface area contributed by atoms with E-state index in [-0.39, 0.29) is 0 Å². The van der Waals surface area contributed by atoms with Crippen LogP contribution < -0.4 is 0 Å². The summed E-state index contributed by atoms with van der Waals surface area (Å²) in [4.78, 5) is 8.69. The molecule has 6 heteroatoms. The molecule has 0 amide bonds. The third-order valence-electron chi connectivity index (χ3n) is 3.07. The molecule has 130 valence electrons. The summed E-state index contributed by atoms with van der Waals surface area (Å²) in [5, 5.41) is 0. The van der Waals surface area contributed by atoms with Crippen molar-refractivity contribution in [2.75, 3.05) is 34.5 Å². The normalized spacial score (nSPS) is 10.8. The fourth-order valence-corrected chi connectivity index (χ4v) is 6.16. The summed E-state index contributed by atoms with van der Waals surface area (Å²) in [5.41, 5.74) is 2.37. The van der Waals surface area contributed by atoms with Crippen LogP contribution in [0.3, 0.4) is 0 Å². The van der Waals surface area contributed by atoms with E-state index in [2.05, 4.69) is 57.8 Å². The Hall–Kier alpha value is -0.300. The van der Waals surface area contributed by atoms with Gasteiger partial charge < -0.3 is 0 Å². The number of pyridine rings is 2. The van der Waals surface area contributed by atoms with Crippen molar-refractivity contribution in [1.82, 2.24) is 9.97 Å². The first kappa shape index (κ1) is 20.0. The Morgan fingerprint density at radius 2 is 0.958 bits per heavy atom. The lowest BCUT2D eigenvalue weighted by molar-refractivity contribution is 1.17. The number of aromatic nitrogens is 2. The maximum absolute atomic E-state index is 4.34. The molecule has 0 unspecified atom stereocenters. The van der Waals surface area contributed by atoms with Gasteiger partial charge in [-0.2, -0.15) is 47.0 Å². The molecule has 0 atom stereocenters. The van der Waals surface area contributed by atoms with Crippen LogP contribution in [-0.4, -0.2) is 44.5 Å². The highest BCUT2D eigenvalue weighted by Crippen LogP contribution is 2.15. The minimum Gasteiger partial charge on any atom is -0.260 e. The van der Waals surface area contributed by atoms with Gasteiger partial charge in [0.2, 0.25) is 0 Å². The fourth-order valence-electron chi connectivity index (χ4n) is 1.88. The number of hydrogen-bond acceptors (Lipinski definition) is 6. The van der Waals surface area contributed by atoms with Gasteiger partial charge in [0.1, 0.15) is 0 Å². The number of hydrogen-bond donors (Lipinski definition) is 0. The van der Waals surface area contributed by atoms with Gasteiger partial charge in [-0.15, -0.1) is 0 Å². The summed E-state index contributed by atoms with van der Waals surface area (Å²) in [6.45, 7) is 0. The van der Waals surface area contributed by atoms with E-state index < -0.39 is 0 Å². The summed E-state index contributed by atoms with van der Waals surface area (Å²) in [6, 6.07) is 12.3. The maximum atomic E-state index is 4.34. The van der Waals surface area contributed by atoms with Gasteiger partial charge in [-0.25, -0.2) is 0 Å². The van der Waals surface area contributed by atoms with Gasteiger partial charge in [-0.1, -0.05) is 12.1 Å². The predicted molar refractivity (Wildman–Crippen MR) is 115 cm³/mol. The molecule has 0 saturated carbocycles. The highest BCUT2D eigenvalue weighted by Gasteiger charge is 1.97. The smallest absolute Gasteiger partial charge is 0.0502 e. The fraction of sp³-hybridized carbons (Fsp3) is 0.444. The predicted octanol–water partition coefficient (Wildman–Crippen LogP) is 5.11. The molecular weight excluding hydrogens is 372 g/mol. The molecule has 0 saturated heterocycles. The quantitative estimate of drug-likeness (QED) is 0.437. The van der Waals surface area contributed by atoms with Gasteiger partial charge in [0, 0.05) is 58.4 Å². The molecule has 2 rings (SSSR count). The summed E-state index contributed by atoms with van der Waals surface area (Å²) in [7, 11) is 0. The van der Waals surface area contributed by atoms with E-state index in [9.17, 15) is 0 Å². The second-order valence-electron chi connectivity index (χ2n) is 4.97. The zero-order valence-electron chi connectivity index (χ0n) is 13.8. The number of rotatable bonds is 13. The second kappa shape index (κ2) is 13.9. The molecule has 2 heterocycles. The first-order chi connectivity index (χ1) is 11.9. The molecule has 0 aromatic carbocycles. The Bertz CT molecular complexity index is 476. The Kier molecular flexibility index (Phi) is 11.6. The van der Waals surface area contributed by atoms with Crippen molar-refractivity contribution in [3.05, 3.63) is 60.2 Å². The van der Waals surface area contributed by atoms with Crippen LogP contribution in [0.2, 0.25) is 0 Å². The Balaban J connectivity index is 1.32. The summed E-state index contributed by atoms with van der Waals surface area (Å²) >= 11 is 8.10. The van der Waals surface area contributed by atoms with Crippen LogP contribution in [0.1, 0.15) is 11.4 Å². The molecule has 2 nitrogen and oxygen atoms in total. The van der Waals surface area contributed by atoms with Gasteiger partial charge in [-0.3, -0.25) is 9.97 Å². The van der Waals surface area contributed by atoms with Crippen LogP contribution in [0.5, 0.6) is 0 Å². The highest BCUT2D eigenvalue weighted by atomic mass is 32.2. The molecule has 2 aromatic heterocycles. The second-order valence-corrected chi connectivity index (χ2v) is 9.63. The molecule has 0 aliphatic rings. The van der Waals surface area contributed by atoms with E-state index in [0.29, 0.717) is 0 Å². The SMILES string of the molecule is c1ccc(CSCCSCCSCCSCc2ccccn2)nc1. The van der Waals surface area contributed by atoms with Gasteiger partial charge in [-0.05, 0) is 24.3 Å². The first-order valence-corrected chi connectivity index (χ1v) is 12.7. The van der Waals surface area contributed by atoms with Crippen LogP contribution >= 0.6 is 47.0 Å². The van der Waals surface area contributed by atoms with Gasteiger partial charge >= 0.3 is 0 Å². The molecule has 0 fully saturated rings. The monoisotopic (exact) mass is 396 g/mol. The standard InChI is InChI=1S/C18H24N2S4/c1-3-7-19-17(5-1)15-23-13-11-21-9-10-22-12-14-24-16-18-6-2-4-8-20-18/h1-8H,9-16H2. The third kappa shape index (κ3) is 9.87. The molecular formula is C18H24N2S4. The van der Waals surface area contributed by atoms with Gasteiger partial charge in [0.15, 0.2) is 0 Å². The largest absolute Gasteiger partial charge is 0.260 e. The van der Waals surface area contributed by atoms with E-state index in [1.165, 1.54) is 45.9 Å². The summed E-state index contributed by atoms with van der Waals surface area (Å²) < 4.78 is 0. The Morgan fingerprint density at radius 3 is 1.33 bits per heavy atom. The van der Waals surface area contributed by atoms with Crippen molar-refractivity contribution >= 4 is 47.0 Å². The van der Waals surface area contributed by atoms with Crippen molar-refractivity contribution in [3.63, 3.8) is 0 Å². The van der Waals surface area contributed by atoms with Crippen LogP contribution in [0.25, 0.3) is 0 Å². The summed E-state index contributed by atoms with van der Waals surface area (Å²) in [5.74, 6) is 9.50. The molecule has 0 spiro atoms. The van der Waals surface area contributed by atoms with Crippen LogP contribution in [-0.2, 0) is 11.5 Å². The average Bonchev–Trinajstić information content (AvgIpc) is 2.64. The lowest BCUT2D eigenvalue weighted by Gasteiger charge is -2.03. The van der Waals surface area contributed by atoms with Crippen LogP contribution in [0, 0.1) is 0 Å². The average molecular weight is 397 g/mol.